The van der Waals surface area contributed by atoms with Crippen molar-refractivity contribution in [2.75, 3.05) is 26.7 Å². The number of carbonyl (C=O) groups excluding carboxylic acids is 1. The fraction of sp³-hybridized carbons (Fsp3) is 0.562. The maximum Gasteiger partial charge on any atom is 0.243 e. The highest BCUT2D eigenvalue weighted by Crippen LogP contribution is 2.42. The van der Waals surface area contributed by atoms with E-state index in [1.165, 1.54) is 4.31 Å². The first-order chi connectivity index (χ1) is 10.9. The van der Waals surface area contributed by atoms with Gasteiger partial charge in [0.1, 0.15) is 0 Å². The molecule has 0 unspecified atom stereocenters. The van der Waals surface area contributed by atoms with Gasteiger partial charge in [0.05, 0.1) is 16.4 Å². The Kier molecular flexibility index (Phi) is 4.20. The van der Waals surface area contributed by atoms with Crippen molar-refractivity contribution in [3.8, 4) is 0 Å². The molecule has 126 valence electrons. The summed E-state index contributed by atoms with van der Waals surface area (Å²) in [6, 6.07) is 6.81. The molecule has 0 spiro atoms. The summed E-state index contributed by atoms with van der Waals surface area (Å²) < 4.78 is 32.9. The van der Waals surface area contributed by atoms with E-state index in [1.54, 1.807) is 31.3 Å². The summed E-state index contributed by atoms with van der Waals surface area (Å²) in [4.78, 5) is 12.7. The molecule has 1 amide bonds. The number of sulfonamides is 1. The molecule has 0 aliphatic carbocycles. The number of carbonyl (C=O) groups is 1. The summed E-state index contributed by atoms with van der Waals surface area (Å²) >= 11 is 0. The van der Waals surface area contributed by atoms with Gasteiger partial charge in [-0.1, -0.05) is 17.7 Å². The first kappa shape index (κ1) is 16.4. The minimum absolute atomic E-state index is 0.135. The van der Waals surface area contributed by atoms with Crippen LogP contribution in [0.15, 0.2) is 29.2 Å². The van der Waals surface area contributed by atoms with Crippen molar-refractivity contribution >= 4 is 15.9 Å². The molecule has 2 atom stereocenters. The number of ether oxygens (including phenoxy) is 1. The van der Waals surface area contributed by atoms with Gasteiger partial charge in [0, 0.05) is 26.7 Å². The van der Waals surface area contributed by atoms with Gasteiger partial charge < -0.3 is 10.1 Å². The van der Waals surface area contributed by atoms with E-state index < -0.39 is 15.4 Å². The van der Waals surface area contributed by atoms with Crippen LogP contribution in [0.2, 0.25) is 0 Å². The van der Waals surface area contributed by atoms with Crippen LogP contribution in [0.4, 0.5) is 0 Å². The smallest absolute Gasteiger partial charge is 0.243 e. The van der Waals surface area contributed by atoms with E-state index in [-0.39, 0.29) is 23.5 Å². The lowest BCUT2D eigenvalue weighted by molar-refractivity contribution is -0.136. The third kappa shape index (κ3) is 2.66. The molecule has 1 aromatic rings. The Balaban J connectivity index is 1.92. The SMILES string of the molecule is CNC(=O)[C@@]12CCO[C@@H]1CCN(S(=O)(=O)c1ccc(C)cc1)C2. The zero-order valence-electron chi connectivity index (χ0n) is 13.4. The zero-order valence-corrected chi connectivity index (χ0v) is 14.2. The Labute approximate surface area is 136 Å². The number of hydrogen-bond donors (Lipinski definition) is 1. The molecule has 7 heteroatoms. The van der Waals surface area contributed by atoms with E-state index in [0.717, 1.165) is 5.56 Å². The maximum absolute atomic E-state index is 12.9. The molecule has 2 aliphatic heterocycles. The van der Waals surface area contributed by atoms with Crippen molar-refractivity contribution in [2.45, 2.75) is 30.8 Å². The second-order valence-electron chi connectivity index (χ2n) is 6.29. The molecule has 0 radical (unpaired) electrons. The van der Waals surface area contributed by atoms with Crippen molar-refractivity contribution in [3.05, 3.63) is 29.8 Å². The lowest BCUT2D eigenvalue weighted by Gasteiger charge is -2.41. The molecule has 3 rings (SSSR count). The molecule has 0 aromatic heterocycles. The van der Waals surface area contributed by atoms with Gasteiger partial charge in [0.2, 0.25) is 15.9 Å². The van der Waals surface area contributed by atoms with Gasteiger partial charge in [-0.15, -0.1) is 0 Å². The van der Waals surface area contributed by atoms with Crippen LogP contribution in [-0.2, 0) is 19.6 Å². The molecule has 0 bridgehead atoms. The number of benzene rings is 1. The lowest BCUT2D eigenvalue weighted by atomic mass is 9.76. The number of hydrogen-bond acceptors (Lipinski definition) is 4. The highest BCUT2D eigenvalue weighted by molar-refractivity contribution is 7.89. The second-order valence-corrected chi connectivity index (χ2v) is 8.22. The highest BCUT2D eigenvalue weighted by Gasteiger charge is 2.54. The minimum atomic E-state index is -3.60. The number of piperidine rings is 1. The highest BCUT2D eigenvalue weighted by atomic mass is 32.2. The molecule has 1 N–H and O–H groups in total. The van der Waals surface area contributed by atoms with Crippen LogP contribution in [0.1, 0.15) is 18.4 Å². The number of nitrogens with one attached hydrogen (secondary N) is 1. The first-order valence-electron chi connectivity index (χ1n) is 7.81. The van der Waals surface area contributed by atoms with Crippen molar-refractivity contribution in [2.24, 2.45) is 5.41 Å². The fourth-order valence-electron chi connectivity index (χ4n) is 3.54. The van der Waals surface area contributed by atoms with Gasteiger partial charge in [0.25, 0.3) is 0 Å². The van der Waals surface area contributed by atoms with Gasteiger partial charge in [-0.05, 0) is 31.9 Å². The quantitative estimate of drug-likeness (QED) is 0.889. The standard InChI is InChI=1S/C16H22N2O4S/c1-12-3-5-13(6-4-12)23(20,21)18-9-7-14-16(11-18,8-10-22-14)15(19)17-2/h3-6,14H,7-11H2,1-2H3,(H,17,19)/t14-,16-/m1/s1. The molecule has 2 saturated heterocycles. The largest absolute Gasteiger partial charge is 0.377 e. The Bertz CT molecular complexity index is 701. The zero-order chi connectivity index (χ0) is 16.7. The second kappa shape index (κ2) is 5.89. The van der Waals surface area contributed by atoms with Gasteiger partial charge in [-0.25, -0.2) is 8.42 Å². The van der Waals surface area contributed by atoms with Crippen LogP contribution in [0.5, 0.6) is 0 Å². The van der Waals surface area contributed by atoms with Crippen LogP contribution in [0.25, 0.3) is 0 Å². The molecule has 1 aromatic carbocycles. The Morgan fingerprint density at radius 1 is 1.35 bits per heavy atom. The van der Waals surface area contributed by atoms with Crippen molar-refractivity contribution in [3.63, 3.8) is 0 Å². The molecule has 2 fully saturated rings. The van der Waals surface area contributed by atoms with Crippen molar-refractivity contribution in [1.82, 2.24) is 9.62 Å². The molecule has 2 aliphatic rings. The summed E-state index contributed by atoms with van der Waals surface area (Å²) in [7, 11) is -2.02. The maximum atomic E-state index is 12.9. The number of aryl methyl sites for hydroxylation is 1. The third-order valence-electron chi connectivity index (χ3n) is 4.92. The summed E-state index contributed by atoms with van der Waals surface area (Å²) in [5, 5.41) is 2.68. The van der Waals surface area contributed by atoms with Crippen LogP contribution in [0.3, 0.4) is 0 Å². The summed E-state index contributed by atoms with van der Waals surface area (Å²) in [5.41, 5.74) is 0.235. The van der Waals surface area contributed by atoms with E-state index in [2.05, 4.69) is 5.32 Å². The predicted molar refractivity (Wildman–Crippen MR) is 85.4 cm³/mol. The molecule has 0 saturated carbocycles. The third-order valence-corrected chi connectivity index (χ3v) is 6.78. The van der Waals surface area contributed by atoms with Crippen LogP contribution in [0, 0.1) is 12.3 Å². The van der Waals surface area contributed by atoms with Crippen molar-refractivity contribution < 1.29 is 17.9 Å². The topological polar surface area (TPSA) is 75.7 Å². The Morgan fingerprint density at radius 3 is 2.70 bits per heavy atom. The van der Waals surface area contributed by atoms with Gasteiger partial charge >= 0.3 is 0 Å². The van der Waals surface area contributed by atoms with E-state index in [1.807, 2.05) is 6.92 Å². The monoisotopic (exact) mass is 338 g/mol. The summed E-state index contributed by atoms with van der Waals surface area (Å²) in [5.74, 6) is -0.135. The minimum Gasteiger partial charge on any atom is -0.377 e. The van der Waals surface area contributed by atoms with E-state index in [0.29, 0.717) is 26.0 Å². The molecule has 6 nitrogen and oxygen atoms in total. The number of fused-ring (bicyclic) bond motifs is 1. The number of nitrogens with zero attached hydrogens (tertiary/aromatic N) is 1. The lowest BCUT2D eigenvalue weighted by Crippen LogP contribution is -2.57. The molecule has 2 heterocycles. The van der Waals surface area contributed by atoms with E-state index >= 15 is 0 Å². The van der Waals surface area contributed by atoms with E-state index in [4.69, 9.17) is 4.74 Å². The van der Waals surface area contributed by atoms with Crippen LogP contribution in [-0.4, -0.2) is 51.5 Å². The van der Waals surface area contributed by atoms with Crippen LogP contribution >= 0.6 is 0 Å². The van der Waals surface area contributed by atoms with Crippen molar-refractivity contribution in [1.29, 1.82) is 0 Å². The average molecular weight is 338 g/mol. The Hall–Kier alpha value is -1.44. The summed E-state index contributed by atoms with van der Waals surface area (Å²) in [6.45, 7) is 2.96. The van der Waals surface area contributed by atoms with E-state index in [9.17, 15) is 13.2 Å². The van der Waals surface area contributed by atoms with Gasteiger partial charge in [-0.3, -0.25) is 4.79 Å². The number of rotatable bonds is 3. The Morgan fingerprint density at radius 2 is 2.04 bits per heavy atom. The van der Waals surface area contributed by atoms with Gasteiger partial charge in [0.15, 0.2) is 0 Å². The van der Waals surface area contributed by atoms with Crippen LogP contribution < -0.4 is 5.32 Å². The normalized spacial score (nSPS) is 28.3. The first-order valence-corrected chi connectivity index (χ1v) is 9.25. The molecule has 23 heavy (non-hydrogen) atoms. The molecular weight excluding hydrogens is 316 g/mol. The fourth-order valence-corrected chi connectivity index (χ4v) is 5.07. The predicted octanol–water partition coefficient (Wildman–Crippen LogP) is 0.911. The average Bonchev–Trinajstić information content (AvgIpc) is 2.98. The number of amides is 1. The molecular formula is C16H22N2O4S. The summed E-state index contributed by atoms with van der Waals surface area (Å²) in [6.07, 6.45) is 0.891. The van der Waals surface area contributed by atoms with Gasteiger partial charge in [-0.2, -0.15) is 4.31 Å².